The molecule has 5 nitrogen and oxygen atoms in total. The maximum absolute atomic E-state index is 13.0. The molecule has 154 valence electrons. The van der Waals surface area contributed by atoms with Crippen molar-refractivity contribution < 1.29 is 13.9 Å². The molecule has 1 fully saturated rings. The SMILES string of the molecule is CCNC(=NCCc1ccc(F)cc1)N1CCC(OCCCOC)CC1.I. The van der Waals surface area contributed by atoms with E-state index < -0.39 is 0 Å². The number of guanidine groups is 1. The van der Waals surface area contributed by atoms with E-state index in [1.807, 2.05) is 12.1 Å². The molecule has 1 aliphatic rings. The van der Waals surface area contributed by atoms with Gasteiger partial charge in [0.05, 0.1) is 6.10 Å². The van der Waals surface area contributed by atoms with Crippen LogP contribution >= 0.6 is 24.0 Å². The van der Waals surface area contributed by atoms with Crippen molar-refractivity contribution in [2.45, 2.75) is 38.7 Å². The van der Waals surface area contributed by atoms with Crippen LogP contribution in [0.15, 0.2) is 29.3 Å². The van der Waals surface area contributed by atoms with Crippen LogP contribution in [0.3, 0.4) is 0 Å². The first-order valence-electron chi connectivity index (χ1n) is 9.61. The Morgan fingerprint density at radius 2 is 1.93 bits per heavy atom. The van der Waals surface area contributed by atoms with Crippen molar-refractivity contribution in [1.82, 2.24) is 10.2 Å². The smallest absolute Gasteiger partial charge is 0.193 e. The molecule has 1 N–H and O–H groups in total. The van der Waals surface area contributed by atoms with Crippen LogP contribution in [0.5, 0.6) is 0 Å². The van der Waals surface area contributed by atoms with Crippen molar-refractivity contribution in [1.29, 1.82) is 0 Å². The number of ether oxygens (including phenoxy) is 2. The summed E-state index contributed by atoms with van der Waals surface area (Å²) in [4.78, 5) is 7.06. The van der Waals surface area contributed by atoms with E-state index >= 15 is 0 Å². The number of nitrogens with zero attached hydrogens (tertiary/aromatic N) is 2. The summed E-state index contributed by atoms with van der Waals surface area (Å²) in [6.45, 7) is 7.06. The minimum absolute atomic E-state index is 0. The van der Waals surface area contributed by atoms with E-state index in [1.165, 1.54) is 12.1 Å². The van der Waals surface area contributed by atoms with E-state index in [2.05, 4.69) is 17.1 Å². The van der Waals surface area contributed by atoms with Crippen LogP contribution in [0.1, 0.15) is 31.7 Å². The van der Waals surface area contributed by atoms with Gasteiger partial charge in [0.2, 0.25) is 0 Å². The summed E-state index contributed by atoms with van der Waals surface area (Å²) in [6.07, 6.45) is 4.15. The van der Waals surface area contributed by atoms with Gasteiger partial charge in [-0.15, -0.1) is 24.0 Å². The van der Waals surface area contributed by atoms with Crippen LogP contribution in [-0.2, 0) is 15.9 Å². The maximum atomic E-state index is 13.0. The van der Waals surface area contributed by atoms with Crippen molar-refractivity contribution >= 4 is 29.9 Å². The molecule has 0 amide bonds. The van der Waals surface area contributed by atoms with Gasteiger partial charge in [-0.05, 0) is 50.3 Å². The van der Waals surface area contributed by atoms with Gasteiger partial charge in [0, 0.05) is 46.5 Å². The quantitative estimate of drug-likeness (QED) is 0.248. The zero-order chi connectivity index (χ0) is 18.6. The average molecular weight is 493 g/mol. The largest absolute Gasteiger partial charge is 0.385 e. The van der Waals surface area contributed by atoms with Gasteiger partial charge in [-0.25, -0.2) is 4.39 Å². The summed E-state index contributed by atoms with van der Waals surface area (Å²) >= 11 is 0. The van der Waals surface area contributed by atoms with Crippen LogP contribution in [0.4, 0.5) is 4.39 Å². The Morgan fingerprint density at radius 1 is 1.22 bits per heavy atom. The minimum atomic E-state index is -0.196. The van der Waals surface area contributed by atoms with Crippen LogP contribution < -0.4 is 5.32 Å². The van der Waals surface area contributed by atoms with Crippen LogP contribution in [0.2, 0.25) is 0 Å². The Morgan fingerprint density at radius 3 is 2.56 bits per heavy atom. The molecule has 0 aliphatic carbocycles. The first-order chi connectivity index (χ1) is 12.7. The van der Waals surface area contributed by atoms with Gasteiger partial charge in [0.1, 0.15) is 5.82 Å². The normalized spacial score (nSPS) is 15.5. The molecule has 0 spiro atoms. The molecule has 1 aromatic rings. The summed E-state index contributed by atoms with van der Waals surface area (Å²) in [7, 11) is 1.72. The summed E-state index contributed by atoms with van der Waals surface area (Å²) < 4.78 is 23.9. The van der Waals surface area contributed by atoms with E-state index in [4.69, 9.17) is 14.5 Å². The fourth-order valence-electron chi connectivity index (χ4n) is 3.06. The van der Waals surface area contributed by atoms with Gasteiger partial charge in [0.15, 0.2) is 5.96 Å². The highest BCUT2D eigenvalue weighted by Crippen LogP contribution is 2.14. The van der Waals surface area contributed by atoms with E-state index in [0.29, 0.717) is 12.6 Å². The summed E-state index contributed by atoms with van der Waals surface area (Å²) in [5.74, 6) is 0.769. The van der Waals surface area contributed by atoms with Gasteiger partial charge in [-0.2, -0.15) is 0 Å². The number of hydrogen-bond acceptors (Lipinski definition) is 3. The second-order valence-electron chi connectivity index (χ2n) is 6.52. The molecule has 27 heavy (non-hydrogen) atoms. The van der Waals surface area contributed by atoms with Crippen molar-refractivity contribution in [3.05, 3.63) is 35.6 Å². The predicted molar refractivity (Wildman–Crippen MR) is 119 cm³/mol. The number of halogens is 2. The number of hydrogen-bond donors (Lipinski definition) is 1. The van der Waals surface area contributed by atoms with Gasteiger partial charge >= 0.3 is 0 Å². The molecule has 1 heterocycles. The average Bonchev–Trinajstić information content (AvgIpc) is 2.67. The lowest BCUT2D eigenvalue weighted by molar-refractivity contribution is 0.00991. The van der Waals surface area contributed by atoms with Gasteiger partial charge < -0.3 is 19.7 Å². The molecule has 1 aliphatic heterocycles. The fourth-order valence-corrected chi connectivity index (χ4v) is 3.06. The number of rotatable bonds is 9. The lowest BCUT2D eigenvalue weighted by Gasteiger charge is -2.34. The number of methoxy groups -OCH3 is 1. The van der Waals surface area contributed by atoms with E-state index in [-0.39, 0.29) is 29.8 Å². The van der Waals surface area contributed by atoms with Gasteiger partial charge in [-0.1, -0.05) is 12.1 Å². The predicted octanol–water partition coefficient (Wildman–Crippen LogP) is 3.47. The highest BCUT2D eigenvalue weighted by molar-refractivity contribution is 14.0. The van der Waals surface area contributed by atoms with Crippen molar-refractivity contribution in [3.8, 4) is 0 Å². The first kappa shape index (κ1) is 24.1. The molecule has 1 saturated heterocycles. The zero-order valence-corrected chi connectivity index (χ0v) is 18.8. The topological polar surface area (TPSA) is 46.1 Å². The third kappa shape index (κ3) is 9.21. The number of piperidine rings is 1. The van der Waals surface area contributed by atoms with Crippen molar-refractivity contribution in [2.75, 3.05) is 46.5 Å². The molecule has 0 bridgehead atoms. The molecule has 0 saturated carbocycles. The monoisotopic (exact) mass is 493 g/mol. The lowest BCUT2D eigenvalue weighted by Crippen LogP contribution is -2.47. The van der Waals surface area contributed by atoms with E-state index in [9.17, 15) is 4.39 Å². The third-order valence-corrected chi connectivity index (χ3v) is 4.50. The van der Waals surface area contributed by atoms with Crippen LogP contribution in [-0.4, -0.2) is 63.5 Å². The number of likely N-dealkylation sites (tertiary alicyclic amines) is 1. The minimum Gasteiger partial charge on any atom is -0.385 e. The zero-order valence-electron chi connectivity index (χ0n) is 16.5. The highest BCUT2D eigenvalue weighted by atomic mass is 127. The molecule has 0 unspecified atom stereocenters. The summed E-state index contributed by atoms with van der Waals surface area (Å²) in [5.41, 5.74) is 1.11. The van der Waals surface area contributed by atoms with E-state index in [0.717, 1.165) is 70.1 Å². The molecular formula is C20H33FIN3O2. The van der Waals surface area contributed by atoms with E-state index in [1.54, 1.807) is 7.11 Å². The first-order valence-corrected chi connectivity index (χ1v) is 9.61. The summed E-state index contributed by atoms with van der Waals surface area (Å²) in [5, 5.41) is 3.38. The van der Waals surface area contributed by atoms with Crippen LogP contribution in [0, 0.1) is 5.82 Å². The molecule has 0 aromatic heterocycles. The molecule has 2 rings (SSSR count). The molecule has 0 atom stereocenters. The highest BCUT2D eigenvalue weighted by Gasteiger charge is 2.21. The molecule has 7 heteroatoms. The van der Waals surface area contributed by atoms with Crippen molar-refractivity contribution in [3.63, 3.8) is 0 Å². The summed E-state index contributed by atoms with van der Waals surface area (Å²) in [6, 6.07) is 6.65. The van der Waals surface area contributed by atoms with Gasteiger partial charge in [-0.3, -0.25) is 4.99 Å². The molecular weight excluding hydrogens is 460 g/mol. The maximum Gasteiger partial charge on any atom is 0.193 e. The van der Waals surface area contributed by atoms with Crippen molar-refractivity contribution in [2.24, 2.45) is 4.99 Å². The molecule has 1 aromatic carbocycles. The Labute approximate surface area is 179 Å². The second kappa shape index (κ2) is 14.1. The fraction of sp³-hybridized carbons (Fsp3) is 0.650. The Bertz CT molecular complexity index is 535. The standard InChI is InChI=1S/C20H32FN3O2.HI/c1-3-22-20(23-12-9-17-5-7-18(21)8-6-17)24-13-10-19(11-14-24)26-16-4-15-25-2;/h5-8,19H,3-4,9-16H2,1-2H3,(H,22,23);1H. The third-order valence-electron chi connectivity index (χ3n) is 4.50. The number of aliphatic imine (C=N–C) groups is 1. The molecule has 0 radical (unpaired) electrons. The number of benzene rings is 1. The van der Waals surface area contributed by atoms with Crippen LogP contribution in [0.25, 0.3) is 0 Å². The second-order valence-corrected chi connectivity index (χ2v) is 6.52. The lowest BCUT2D eigenvalue weighted by atomic mass is 10.1. The Balaban J connectivity index is 0.00000364. The Hall–Kier alpha value is -0.930. The number of nitrogens with one attached hydrogen (secondary N) is 1. The van der Waals surface area contributed by atoms with Gasteiger partial charge in [0.25, 0.3) is 0 Å². The Kier molecular flexibility index (Phi) is 12.6.